The molecule has 0 fully saturated rings. The standard InChI is InChI=1S/C2H7N3O2/c3-1(6)5-2(4)7/h1,6H,3H2,(H3,4,5,7). The maximum Gasteiger partial charge on any atom is 0.315 e. The summed E-state index contributed by atoms with van der Waals surface area (Å²) in [5.41, 5.74) is 9.14. The number of urea groups is 1. The molecule has 0 aromatic heterocycles. The molecule has 0 heterocycles. The van der Waals surface area contributed by atoms with Crippen molar-refractivity contribution in [1.29, 1.82) is 0 Å². The molecular formula is C2H7N3O2. The van der Waals surface area contributed by atoms with Crippen LogP contribution in [0.4, 0.5) is 4.79 Å². The van der Waals surface area contributed by atoms with Crippen molar-refractivity contribution in [2.24, 2.45) is 11.5 Å². The van der Waals surface area contributed by atoms with Gasteiger partial charge in [-0.05, 0) is 0 Å². The number of nitrogens with two attached hydrogens (primary N) is 2. The summed E-state index contributed by atoms with van der Waals surface area (Å²) in [7, 11) is 0. The molecule has 0 aliphatic rings. The summed E-state index contributed by atoms with van der Waals surface area (Å²) in [4.78, 5) is 9.68. The summed E-state index contributed by atoms with van der Waals surface area (Å²) in [5, 5.41) is 9.87. The Labute approximate surface area is 40.3 Å². The number of carbonyl (C=O) groups excluding carboxylic acids is 1. The van der Waals surface area contributed by atoms with Crippen LogP contribution in [0.2, 0.25) is 0 Å². The van der Waals surface area contributed by atoms with Crippen molar-refractivity contribution in [2.45, 2.75) is 6.35 Å². The monoisotopic (exact) mass is 105 g/mol. The first-order chi connectivity index (χ1) is 3.13. The summed E-state index contributed by atoms with van der Waals surface area (Å²) in [6, 6.07) is -0.838. The molecule has 7 heavy (non-hydrogen) atoms. The van der Waals surface area contributed by atoms with E-state index < -0.39 is 12.4 Å². The highest BCUT2D eigenvalue weighted by molar-refractivity contribution is 5.71. The molecule has 0 spiro atoms. The fourth-order valence-electron chi connectivity index (χ4n) is 0.146. The van der Waals surface area contributed by atoms with E-state index >= 15 is 0 Å². The summed E-state index contributed by atoms with van der Waals surface area (Å²) >= 11 is 0. The molecule has 0 aromatic rings. The van der Waals surface area contributed by atoms with Gasteiger partial charge >= 0.3 is 6.03 Å². The molecule has 0 aliphatic carbocycles. The second-order valence-corrected chi connectivity index (χ2v) is 0.953. The average molecular weight is 105 g/mol. The lowest BCUT2D eigenvalue weighted by Gasteiger charge is -2.00. The van der Waals surface area contributed by atoms with Crippen LogP contribution in [-0.2, 0) is 0 Å². The van der Waals surface area contributed by atoms with E-state index in [-0.39, 0.29) is 0 Å². The van der Waals surface area contributed by atoms with Gasteiger partial charge in [0.2, 0.25) is 0 Å². The molecule has 0 saturated carbocycles. The van der Waals surface area contributed by atoms with E-state index in [4.69, 9.17) is 5.11 Å². The van der Waals surface area contributed by atoms with Gasteiger partial charge in [-0.15, -0.1) is 0 Å². The smallest absolute Gasteiger partial charge is 0.315 e. The van der Waals surface area contributed by atoms with Crippen molar-refractivity contribution in [3.05, 3.63) is 0 Å². The molecule has 42 valence electrons. The summed E-state index contributed by atoms with van der Waals surface area (Å²) < 4.78 is 0. The lowest BCUT2D eigenvalue weighted by Crippen LogP contribution is -2.43. The van der Waals surface area contributed by atoms with E-state index in [2.05, 4.69) is 11.5 Å². The maximum atomic E-state index is 9.68. The largest absolute Gasteiger partial charge is 0.361 e. The molecule has 1 atom stereocenters. The second kappa shape index (κ2) is 2.38. The molecule has 0 radical (unpaired) electrons. The Morgan fingerprint density at radius 2 is 2.29 bits per heavy atom. The lowest BCUT2D eigenvalue weighted by molar-refractivity contribution is 0.150. The summed E-state index contributed by atoms with van der Waals surface area (Å²) in [6.07, 6.45) is -1.35. The third kappa shape index (κ3) is 5.19. The van der Waals surface area contributed by atoms with Gasteiger partial charge < -0.3 is 16.2 Å². The van der Waals surface area contributed by atoms with Crippen molar-refractivity contribution >= 4 is 6.03 Å². The molecule has 0 rings (SSSR count). The number of carbonyl (C=O) groups is 1. The first kappa shape index (κ1) is 6.19. The molecule has 5 nitrogen and oxygen atoms in total. The molecule has 5 heteroatoms. The fourth-order valence-corrected chi connectivity index (χ4v) is 0.146. The van der Waals surface area contributed by atoms with Crippen molar-refractivity contribution in [3.63, 3.8) is 0 Å². The van der Waals surface area contributed by atoms with Crippen LogP contribution in [0, 0.1) is 0 Å². The first-order valence-corrected chi connectivity index (χ1v) is 1.62. The Kier molecular flexibility index (Phi) is 2.10. The van der Waals surface area contributed by atoms with E-state index in [1.165, 1.54) is 0 Å². The molecule has 0 aromatic carbocycles. The minimum atomic E-state index is -1.35. The predicted octanol–water partition coefficient (Wildman–Crippen LogP) is -2.11. The molecule has 0 aliphatic heterocycles. The number of nitrogens with one attached hydrogen (secondary N) is 1. The van der Waals surface area contributed by atoms with Gasteiger partial charge in [0.25, 0.3) is 0 Å². The molecule has 0 saturated heterocycles. The van der Waals surface area contributed by atoms with Crippen molar-refractivity contribution in [2.75, 3.05) is 0 Å². The fraction of sp³-hybridized carbons (Fsp3) is 0.500. The molecule has 6 N–H and O–H groups in total. The van der Waals surface area contributed by atoms with E-state index in [1.807, 2.05) is 0 Å². The van der Waals surface area contributed by atoms with Crippen LogP contribution in [0.3, 0.4) is 0 Å². The van der Waals surface area contributed by atoms with Gasteiger partial charge in [0.05, 0.1) is 0 Å². The van der Waals surface area contributed by atoms with Gasteiger partial charge in [0.1, 0.15) is 0 Å². The van der Waals surface area contributed by atoms with E-state index in [1.54, 1.807) is 5.32 Å². The number of amides is 2. The lowest BCUT2D eigenvalue weighted by atomic mass is 10.9. The zero-order chi connectivity index (χ0) is 5.86. The van der Waals surface area contributed by atoms with E-state index in [9.17, 15) is 4.79 Å². The van der Waals surface area contributed by atoms with Crippen LogP contribution in [0.1, 0.15) is 0 Å². The highest BCUT2D eigenvalue weighted by Crippen LogP contribution is 1.55. The third-order valence-electron chi connectivity index (χ3n) is 0.290. The average Bonchev–Trinajstić information content (AvgIpc) is 1.27. The Hall–Kier alpha value is -0.810. The highest BCUT2D eigenvalue weighted by atomic mass is 16.3. The van der Waals surface area contributed by atoms with Crippen LogP contribution in [0.15, 0.2) is 0 Å². The van der Waals surface area contributed by atoms with Crippen LogP contribution in [0.5, 0.6) is 0 Å². The Balaban J connectivity index is 3.13. The molecule has 2 amide bonds. The minimum absolute atomic E-state index is 0.838. The summed E-state index contributed by atoms with van der Waals surface area (Å²) in [6.45, 7) is 0. The van der Waals surface area contributed by atoms with Gasteiger partial charge in [-0.1, -0.05) is 0 Å². The van der Waals surface area contributed by atoms with Crippen molar-refractivity contribution in [3.8, 4) is 0 Å². The number of hydrogen-bond acceptors (Lipinski definition) is 3. The van der Waals surface area contributed by atoms with Gasteiger partial charge in [-0.3, -0.25) is 5.73 Å². The van der Waals surface area contributed by atoms with Gasteiger partial charge in [0.15, 0.2) is 6.35 Å². The topological polar surface area (TPSA) is 101 Å². The molecule has 0 bridgehead atoms. The number of primary amides is 1. The first-order valence-electron chi connectivity index (χ1n) is 1.62. The molecule has 1 unspecified atom stereocenters. The zero-order valence-corrected chi connectivity index (χ0v) is 3.59. The van der Waals surface area contributed by atoms with Crippen LogP contribution in [-0.4, -0.2) is 17.5 Å². The quantitative estimate of drug-likeness (QED) is 0.287. The zero-order valence-electron chi connectivity index (χ0n) is 3.59. The van der Waals surface area contributed by atoms with E-state index in [0.29, 0.717) is 0 Å². The molecular weight excluding hydrogens is 98.0 g/mol. The van der Waals surface area contributed by atoms with Crippen molar-refractivity contribution < 1.29 is 9.90 Å². The number of rotatable bonds is 1. The number of hydrogen-bond donors (Lipinski definition) is 4. The Bertz CT molecular complexity index is 71.3. The maximum absolute atomic E-state index is 9.68. The van der Waals surface area contributed by atoms with Crippen LogP contribution < -0.4 is 16.8 Å². The van der Waals surface area contributed by atoms with Gasteiger partial charge in [0, 0.05) is 0 Å². The van der Waals surface area contributed by atoms with E-state index in [0.717, 1.165) is 0 Å². The number of aliphatic hydroxyl groups excluding tert-OH is 1. The van der Waals surface area contributed by atoms with Crippen LogP contribution in [0.25, 0.3) is 0 Å². The minimum Gasteiger partial charge on any atom is -0.361 e. The van der Waals surface area contributed by atoms with Crippen LogP contribution >= 0.6 is 0 Å². The Morgan fingerprint density at radius 3 is 2.29 bits per heavy atom. The third-order valence-corrected chi connectivity index (χ3v) is 0.290. The van der Waals surface area contributed by atoms with Gasteiger partial charge in [-0.25, -0.2) is 4.79 Å². The second-order valence-electron chi connectivity index (χ2n) is 0.953. The SMILES string of the molecule is NC(=O)NC(N)O. The normalized spacial score (nSPS) is 12.9. The predicted molar refractivity (Wildman–Crippen MR) is 22.9 cm³/mol. The number of aliphatic hydroxyl groups is 1. The Morgan fingerprint density at radius 1 is 1.86 bits per heavy atom. The van der Waals surface area contributed by atoms with Crippen molar-refractivity contribution in [1.82, 2.24) is 5.32 Å². The summed E-state index contributed by atoms with van der Waals surface area (Å²) in [5.74, 6) is 0. The van der Waals surface area contributed by atoms with Gasteiger partial charge in [-0.2, -0.15) is 0 Å². The highest BCUT2D eigenvalue weighted by Gasteiger charge is 1.93.